The van der Waals surface area contributed by atoms with Gasteiger partial charge in [-0.1, -0.05) is 11.6 Å². The van der Waals surface area contributed by atoms with Crippen LogP contribution >= 0.6 is 22.9 Å². The quantitative estimate of drug-likeness (QED) is 0.921. The average molecular weight is 296 g/mol. The van der Waals surface area contributed by atoms with Crippen molar-refractivity contribution in [2.24, 2.45) is 5.73 Å². The van der Waals surface area contributed by atoms with Crippen molar-refractivity contribution in [3.63, 3.8) is 0 Å². The third-order valence-corrected chi connectivity index (χ3v) is 3.99. The third-order valence-electron chi connectivity index (χ3n) is 2.93. The monoisotopic (exact) mass is 295 g/mol. The minimum absolute atomic E-state index is 0.622. The molecular formula is C14H18ClN3S. The van der Waals surface area contributed by atoms with Gasteiger partial charge in [-0.3, -0.25) is 0 Å². The van der Waals surface area contributed by atoms with Gasteiger partial charge in [0.2, 0.25) is 0 Å². The van der Waals surface area contributed by atoms with E-state index in [-0.39, 0.29) is 0 Å². The number of nitrogens with zero attached hydrogens (tertiary/aromatic N) is 2. The summed E-state index contributed by atoms with van der Waals surface area (Å²) in [5, 5.41) is 3.96. The molecule has 0 radical (unpaired) electrons. The molecule has 0 spiro atoms. The summed E-state index contributed by atoms with van der Waals surface area (Å²) < 4.78 is 0. The first-order valence-corrected chi connectivity index (χ1v) is 7.46. The standard InChI is InChI=1S/C14H18ClN3S/c1-10-17-13(9-19-10)8-18(2)14-4-3-12(15)7-11(14)5-6-16/h3-4,7,9H,5-6,8,16H2,1-2H3. The van der Waals surface area contributed by atoms with E-state index in [4.69, 9.17) is 17.3 Å². The number of halogens is 1. The minimum Gasteiger partial charge on any atom is -0.368 e. The van der Waals surface area contributed by atoms with Gasteiger partial charge >= 0.3 is 0 Å². The molecule has 102 valence electrons. The fraction of sp³-hybridized carbons (Fsp3) is 0.357. The van der Waals surface area contributed by atoms with Gasteiger partial charge in [0.05, 0.1) is 17.2 Å². The van der Waals surface area contributed by atoms with Crippen LogP contribution in [0.5, 0.6) is 0 Å². The van der Waals surface area contributed by atoms with E-state index in [1.165, 1.54) is 11.3 Å². The lowest BCUT2D eigenvalue weighted by atomic mass is 10.1. The largest absolute Gasteiger partial charge is 0.368 e. The molecule has 0 aliphatic heterocycles. The molecule has 19 heavy (non-hydrogen) atoms. The lowest BCUT2D eigenvalue weighted by Crippen LogP contribution is -2.19. The van der Waals surface area contributed by atoms with E-state index < -0.39 is 0 Å². The number of anilines is 1. The number of benzene rings is 1. The molecule has 1 aromatic heterocycles. The van der Waals surface area contributed by atoms with Crippen molar-refractivity contribution in [3.8, 4) is 0 Å². The zero-order valence-corrected chi connectivity index (χ0v) is 12.8. The Morgan fingerprint density at radius 1 is 1.42 bits per heavy atom. The summed E-state index contributed by atoms with van der Waals surface area (Å²) >= 11 is 7.73. The van der Waals surface area contributed by atoms with Crippen LogP contribution in [0.3, 0.4) is 0 Å². The molecule has 2 rings (SSSR count). The van der Waals surface area contributed by atoms with E-state index in [9.17, 15) is 0 Å². The fourth-order valence-electron chi connectivity index (χ4n) is 2.09. The summed E-state index contributed by atoms with van der Waals surface area (Å²) in [7, 11) is 2.07. The maximum atomic E-state index is 6.05. The molecule has 0 aliphatic carbocycles. The summed E-state index contributed by atoms with van der Waals surface area (Å²) in [6, 6.07) is 5.96. The Morgan fingerprint density at radius 2 is 2.21 bits per heavy atom. The molecule has 0 amide bonds. The van der Waals surface area contributed by atoms with Crippen LogP contribution in [0.4, 0.5) is 5.69 Å². The van der Waals surface area contributed by atoms with E-state index in [1.807, 2.05) is 25.1 Å². The highest BCUT2D eigenvalue weighted by Crippen LogP contribution is 2.25. The van der Waals surface area contributed by atoms with Crippen molar-refractivity contribution in [3.05, 3.63) is 44.9 Å². The lowest BCUT2D eigenvalue weighted by molar-refractivity contribution is 0.870. The van der Waals surface area contributed by atoms with Crippen LogP contribution in [-0.4, -0.2) is 18.6 Å². The third kappa shape index (κ3) is 3.69. The molecule has 0 unspecified atom stereocenters. The second kappa shape index (κ2) is 6.37. The van der Waals surface area contributed by atoms with Gasteiger partial charge in [0, 0.05) is 23.1 Å². The van der Waals surface area contributed by atoms with E-state index in [1.54, 1.807) is 11.3 Å². The van der Waals surface area contributed by atoms with Crippen LogP contribution in [0.1, 0.15) is 16.3 Å². The van der Waals surface area contributed by atoms with Gasteiger partial charge in [0.1, 0.15) is 0 Å². The van der Waals surface area contributed by atoms with Gasteiger partial charge in [-0.2, -0.15) is 0 Å². The molecule has 0 aliphatic rings. The molecule has 0 bridgehead atoms. The molecule has 1 heterocycles. The fourth-order valence-corrected chi connectivity index (χ4v) is 2.89. The van der Waals surface area contributed by atoms with Crippen LogP contribution in [0.25, 0.3) is 0 Å². The summed E-state index contributed by atoms with van der Waals surface area (Å²) in [6.45, 7) is 3.44. The number of thiazole rings is 1. The molecule has 0 fully saturated rings. The Balaban J connectivity index is 2.20. The molecular weight excluding hydrogens is 278 g/mol. The molecule has 1 aromatic carbocycles. The summed E-state index contributed by atoms with van der Waals surface area (Å²) in [5.41, 5.74) is 9.11. The second-order valence-electron chi connectivity index (χ2n) is 4.53. The molecule has 3 nitrogen and oxygen atoms in total. The average Bonchev–Trinajstić information content (AvgIpc) is 2.75. The van der Waals surface area contributed by atoms with Gasteiger partial charge in [-0.05, 0) is 43.7 Å². The van der Waals surface area contributed by atoms with Crippen LogP contribution in [0, 0.1) is 6.92 Å². The van der Waals surface area contributed by atoms with Crippen molar-refractivity contribution in [1.82, 2.24) is 4.98 Å². The number of nitrogens with two attached hydrogens (primary N) is 1. The SMILES string of the molecule is Cc1nc(CN(C)c2ccc(Cl)cc2CCN)cs1. The van der Waals surface area contributed by atoms with Crippen molar-refractivity contribution in [1.29, 1.82) is 0 Å². The van der Waals surface area contributed by atoms with Crippen molar-refractivity contribution < 1.29 is 0 Å². The highest BCUT2D eigenvalue weighted by atomic mass is 35.5. The van der Waals surface area contributed by atoms with Crippen LogP contribution < -0.4 is 10.6 Å². The Bertz CT molecular complexity index is 553. The number of aromatic nitrogens is 1. The Labute approximate surface area is 123 Å². The smallest absolute Gasteiger partial charge is 0.0898 e. The number of hydrogen-bond acceptors (Lipinski definition) is 4. The highest BCUT2D eigenvalue weighted by molar-refractivity contribution is 7.09. The van der Waals surface area contributed by atoms with Crippen LogP contribution in [0.2, 0.25) is 5.02 Å². The van der Waals surface area contributed by atoms with E-state index in [0.29, 0.717) is 6.54 Å². The Morgan fingerprint density at radius 3 is 2.84 bits per heavy atom. The van der Waals surface area contributed by atoms with Gasteiger partial charge in [-0.25, -0.2) is 4.98 Å². The molecule has 0 saturated carbocycles. The van der Waals surface area contributed by atoms with Gasteiger partial charge in [0.25, 0.3) is 0 Å². The first-order valence-electron chi connectivity index (χ1n) is 6.21. The normalized spacial score (nSPS) is 10.7. The number of rotatable bonds is 5. The first kappa shape index (κ1) is 14.3. The number of hydrogen-bond donors (Lipinski definition) is 1. The molecule has 2 aromatic rings. The van der Waals surface area contributed by atoms with Crippen LogP contribution in [-0.2, 0) is 13.0 Å². The lowest BCUT2D eigenvalue weighted by Gasteiger charge is -2.21. The predicted octanol–water partition coefficient (Wildman–Crippen LogP) is 3.24. The van der Waals surface area contributed by atoms with Gasteiger partial charge in [0.15, 0.2) is 0 Å². The summed E-state index contributed by atoms with van der Waals surface area (Å²) in [6.07, 6.45) is 0.830. The van der Waals surface area contributed by atoms with Crippen molar-refractivity contribution in [2.45, 2.75) is 19.9 Å². The molecule has 0 saturated heterocycles. The highest BCUT2D eigenvalue weighted by Gasteiger charge is 2.09. The Hall–Kier alpha value is -1.10. The zero-order valence-electron chi connectivity index (χ0n) is 11.2. The van der Waals surface area contributed by atoms with Crippen LogP contribution in [0.15, 0.2) is 23.6 Å². The summed E-state index contributed by atoms with van der Waals surface area (Å²) in [5.74, 6) is 0. The van der Waals surface area contributed by atoms with Crippen molar-refractivity contribution in [2.75, 3.05) is 18.5 Å². The predicted molar refractivity (Wildman–Crippen MR) is 83.2 cm³/mol. The van der Waals surface area contributed by atoms with Gasteiger partial charge < -0.3 is 10.6 Å². The van der Waals surface area contributed by atoms with Gasteiger partial charge in [-0.15, -0.1) is 11.3 Å². The zero-order chi connectivity index (χ0) is 13.8. The molecule has 0 atom stereocenters. The molecule has 2 N–H and O–H groups in total. The maximum Gasteiger partial charge on any atom is 0.0898 e. The second-order valence-corrected chi connectivity index (χ2v) is 6.02. The first-order chi connectivity index (χ1) is 9.10. The van der Waals surface area contributed by atoms with E-state index in [2.05, 4.69) is 22.3 Å². The number of aryl methyl sites for hydroxylation is 1. The van der Waals surface area contributed by atoms with E-state index in [0.717, 1.165) is 28.7 Å². The summed E-state index contributed by atoms with van der Waals surface area (Å²) in [4.78, 5) is 6.69. The minimum atomic E-state index is 0.622. The Kier molecular flexibility index (Phi) is 4.80. The van der Waals surface area contributed by atoms with Crippen molar-refractivity contribution >= 4 is 28.6 Å². The topological polar surface area (TPSA) is 42.2 Å². The molecule has 5 heteroatoms. The maximum absolute atomic E-state index is 6.05. The van der Waals surface area contributed by atoms with E-state index >= 15 is 0 Å².